The molecule has 0 saturated carbocycles. The number of ether oxygens (including phenoxy) is 1. The zero-order valence-electron chi connectivity index (χ0n) is 17.6. The third kappa shape index (κ3) is 4.58. The van der Waals surface area contributed by atoms with Crippen LogP contribution in [0.3, 0.4) is 0 Å². The molecule has 0 radical (unpaired) electrons. The number of nitrogens with zero attached hydrogens (tertiary/aromatic N) is 1. The average Bonchev–Trinajstić information content (AvgIpc) is 3.43. The molecule has 0 amide bonds. The van der Waals surface area contributed by atoms with E-state index in [0.29, 0.717) is 23.6 Å². The fourth-order valence-corrected chi connectivity index (χ4v) is 3.52. The summed E-state index contributed by atoms with van der Waals surface area (Å²) in [6, 6.07) is 13.8. The summed E-state index contributed by atoms with van der Waals surface area (Å²) in [5.41, 5.74) is 4.73. The van der Waals surface area contributed by atoms with Crippen molar-refractivity contribution in [1.29, 1.82) is 0 Å². The number of esters is 1. The van der Waals surface area contributed by atoms with Crippen molar-refractivity contribution in [2.75, 3.05) is 6.61 Å². The van der Waals surface area contributed by atoms with E-state index in [1.165, 1.54) is 5.56 Å². The van der Waals surface area contributed by atoms with Crippen LogP contribution in [-0.2, 0) is 22.4 Å². The van der Waals surface area contributed by atoms with Gasteiger partial charge in [-0.2, -0.15) is 0 Å². The minimum atomic E-state index is -0.461. The van der Waals surface area contributed by atoms with E-state index in [4.69, 9.17) is 9.15 Å². The molecule has 0 aliphatic carbocycles. The molecule has 0 atom stereocenters. The highest BCUT2D eigenvalue weighted by atomic mass is 16.5. The lowest BCUT2D eigenvalue weighted by atomic mass is 10.1. The van der Waals surface area contributed by atoms with E-state index in [1.54, 1.807) is 12.4 Å². The molecule has 0 aliphatic rings. The Labute approximate surface area is 180 Å². The smallest absolute Gasteiger partial charge is 0.306 e. The number of Topliss-reactive ketones (excluding diaryl/α,β-unsaturated/α-hetero) is 1. The minimum absolute atomic E-state index is 0.0923. The fourth-order valence-electron chi connectivity index (χ4n) is 3.52. The summed E-state index contributed by atoms with van der Waals surface area (Å²) in [4.78, 5) is 32.1. The molecule has 4 rings (SSSR count). The monoisotopic (exact) mass is 416 g/mol. The maximum Gasteiger partial charge on any atom is 0.306 e. The predicted octanol–water partition coefficient (Wildman–Crippen LogP) is 5.05. The first-order valence-corrected chi connectivity index (χ1v) is 10.3. The molecule has 4 aromatic rings. The Morgan fingerprint density at radius 2 is 1.94 bits per heavy atom. The number of aryl methyl sites for hydroxylation is 3. The Hall–Kier alpha value is -3.67. The van der Waals surface area contributed by atoms with Crippen molar-refractivity contribution >= 4 is 22.7 Å². The van der Waals surface area contributed by atoms with Crippen molar-refractivity contribution in [3.63, 3.8) is 0 Å². The molecule has 2 aromatic heterocycles. The summed E-state index contributed by atoms with van der Waals surface area (Å²) in [6.45, 7) is 3.80. The molecule has 1 N–H and O–H groups in total. The first-order chi connectivity index (χ1) is 15.0. The maximum absolute atomic E-state index is 12.6. The van der Waals surface area contributed by atoms with E-state index in [2.05, 4.69) is 16.9 Å². The first kappa shape index (κ1) is 20.6. The molecule has 2 heterocycles. The largest absolute Gasteiger partial charge is 0.457 e. The number of oxazole rings is 1. The number of benzene rings is 2. The van der Waals surface area contributed by atoms with Crippen LogP contribution in [0.1, 0.15) is 40.7 Å². The van der Waals surface area contributed by atoms with Gasteiger partial charge in [0.25, 0.3) is 0 Å². The maximum atomic E-state index is 12.6. The third-order valence-corrected chi connectivity index (χ3v) is 5.28. The van der Waals surface area contributed by atoms with Gasteiger partial charge in [0, 0.05) is 34.6 Å². The van der Waals surface area contributed by atoms with E-state index < -0.39 is 5.97 Å². The Morgan fingerprint density at radius 1 is 1.13 bits per heavy atom. The standard InChI is InChI=1S/C25H24N2O4/c1-3-17-5-4-6-19-20(13-27-25(17)19)21(28)15-30-24(29)12-11-23-26-14-22(31-23)18-9-7-16(2)8-10-18/h4-10,13-14,27H,3,11-12,15H2,1-2H3. The van der Waals surface area contributed by atoms with Crippen molar-refractivity contribution in [3.8, 4) is 11.3 Å². The van der Waals surface area contributed by atoms with Crippen LogP contribution < -0.4 is 0 Å². The van der Waals surface area contributed by atoms with Gasteiger partial charge < -0.3 is 14.1 Å². The number of hydrogen-bond donors (Lipinski definition) is 1. The van der Waals surface area contributed by atoms with Gasteiger partial charge in [0.2, 0.25) is 5.78 Å². The molecule has 31 heavy (non-hydrogen) atoms. The molecule has 0 saturated heterocycles. The number of fused-ring (bicyclic) bond motifs is 1. The molecule has 2 aromatic carbocycles. The van der Waals surface area contributed by atoms with Gasteiger partial charge in [0.05, 0.1) is 12.6 Å². The molecular weight excluding hydrogens is 392 g/mol. The van der Waals surface area contributed by atoms with Crippen LogP contribution in [-0.4, -0.2) is 28.3 Å². The predicted molar refractivity (Wildman–Crippen MR) is 118 cm³/mol. The average molecular weight is 416 g/mol. The zero-order valence-corrected chi connectivity index (χ0v) is 17.6. The van der Waals surface area contributed by atoms with Crippen LogP contribution in [0, 0.1) is 6.92 Å². The molecule has 0 spiro atoms. The molecule has 0 fully saturated rings. The van der Waals surface area contributed by atoms with E-state index in [-0.39, 0.29) is 18.8 Å². The highest BCUT2D eigenvalue weighted by Gasteiger charge is 2.16. The highest BCUT2D eigenvalue weighted by molar-refractivity contribution is 6.09. The number of aromatic nitrogens is 2. The van der Waals surface area contributed by atoms with Gasteiger partial charge in [-0.05, 0) is 18.9 Å². The summed E-state index contributed by atoms with van der Waals surface area (Å²) in [6.07, 6.45) is 4.60. The minimum Gasteiger partial charge on any atom is -0.457 e. The summed E-state index contributed by atoms with van der Waals surface area (Å²) in [5, 5.41) is 0.851. The second-order valence-electron chi connectivity index (χ2n) is 7.46. The van der Waals surface area contributed by atoms with Crippen molar-refractivity contribution in [2.24, 2.45) is 0 Å². The van der Waals surface area contributed by atoms with E-state index in [0.717, 1.165) is 28.5 Å². The van der Waals surface area contributed by atoms with Crippen molar-refractivity contribution in [2.45, 2.75) is 33.1 Å². The van der Waals surface area contributed by atoms with Gasteiger partial charge in [-0.1, -0.05) is 55.0 Å². The van der Waals surface area contributed by atoms with E-state index >= 15 is 0 Å². The Bertz CT molecular complexity index is 1220. The van der Waals surface area contributed by atoms with Crippen LogP contribution in [0.25, 0.3) is 22.2 Å². The lowest BCUT2D eigenvalue weighted by Gasteiger charge is -2.04. The lowest BCUT2D eigenvalue weighted by Crippen LogP contribution is -2.14. The SMILES string of the molecule is CCc1cccc2c(C(=O)COC(=O)CCc3ncc(-c4ccc(C)cc4)o3)c[nH]c12. The number of ketones is 1. The lowest BCUT2D eigenvalue weighted by molar-refractivity contribution is -0.142. The van der Waals surface area contributed by atoms with Crippen molar-refractivity contribution < 1.29 is 18.7 Å². The van der Waals surface area contributed by atoms with Crippen LogP contribution in [0.15, 0.2) is 59.3 Å². The summed E-state index contributed by atoms with van der Waals surface area (Å²) in [7, 11) is 0. The van der Waals surface area contributed by atoms with Crippen molar-refractivity contribution in [1.82, 2.24) is 9.97 Å². The van der Waals surface area contributed by atoms with Gasteiger partial charge in [-0.25, -0.2) is 4.98 Å². The fraction of sp³-hybridized carbons (Fsp3) is 0.240. The number of H-pyrrole nitrogens is 1. The number of nitrogens with one attached hydrogen (secondary N) is 1. The second-order valence-corrected chi connectivity index (χ2v) is 7.46. The van der Waals surface area contributed by atoms with Gasteiger partial charge in [0.1, 0.15) is 0 Å². The number of carbonyl (C=O) groups is 2. The second kappa shape index (κ2) is 9.00. The van der Waals surface area contributed by atoms with Gasteiger partial charge in [0.15, 0.2) is 18.3 Å². The third-order valence-electron chi connectivity index (χ3n) is 5.28. The topological polar surface area (TPSA) is 85.2 Å². The zero-order chi connectivity index (χ0) is 21.8. The molecule has 6 nitrogen and oxygen atoms in total. The number of carbonyl (C=O) groups excluding carboxylic acids is 2. The molecule has 158 valence electrons. The van der Waals surface area contributed by atoms with Crippen LogP contribution in [0.4, 0.5) is 0 Å². The summed E-state index contributed by atoms with van der Waals surface area (Å²) < 4.78 is 10.9. The number of rotatable bonds is 8. The van der Waals surface area contributed by atoms with Crippen LogP contribution in [0.2, 0.25) is 0 Å². The molecule has 0 bridgehead atoms. The number of aromatic amines is 1. The molecule has 0 aliphatic heterocycles. The van der Waals surface area contributed by atoms with Crippen LogP contribution in [0.5, 0.6) is 0 Å². The molecular formula is C25H24N2O4. The van der Waals surface area contributed by atoms with Crippen LogP contribution >= 0.6 is 0 Å². The van der Waals surface area contributed by atoms with Gasteiger partial charge in [-0.3, -0.25) is 9.59 Å². The Balaban J connectivity index is 1.31. The Kier molecular flexibility index (Phi) is 5.98. The Morgan fingerprint density at radius 3 is 2.71 bits per heavy atom. The summed E-state index contributed by atoms with van der Waals surface area (Å²) >= 11 is 0. The molecule has 0 unspecified atom stereocenters. The van der Waals surface area contributed by atoms with Gasteiger partial charge in [-0.15, -0.1) is 0 Å². The quantitative estimate of drug-likeness (QED) is 0.321. The summed E-state index contributed by atoms with van der Waals surface area (Å²) in [5.74, 6) is 0.426. The number of para-hydroxylation sites is 1. The van der Waals surface area contributed by atoms with Gasteiger partial charge >= 0.3 is 5.97 Å². The van der Waals surface area contributed by atoms with E-state index in [9.17, 15) is 9.59 Å². The normalized spacial score (nSPS) is 11.0. The molecule has 6 heteroatoms. The number of hydrogen-bond acceptors (Lipinski definition) is 5. The highest BCUT2D eigenvalue weighted by Crippen LogP contribution is 2.23. The first-order valence-electron chi connectivity index (χ1n) is 10.3. The van der Waals surface area contributed by atoms with E-state index in [1.807, 2.05) is 49.4 Å². The van der Waals surface area contributed by atoms with Crippen molar-refractivity contribution in [3.05, 3.63) is 77.4 Å².